The highest BCUT2D eigenvalue weighted by Crippen LogP contribution is 2.38. The minimum absolute atomic E-state index is 0.0697. The highest BCUT2D eigenvalue weighted by atomic mass is 35.5. The summed E-state index contributed by atoms with van der Waals surface area (Å²) in [4.78, 5) is 11.9. The molecule has 3 rings (SSSR count). The lowest BCUT2D eigenvalue weighted by Gasteiger charge is -2.11. The van der Waals surface area contributed by atoms with Gasteiger partial charge in [0.25, 0.3) is 0 Å². The summed E-state index contributed by atoms with van der Waals surface area (Å²) >= 11 is 7.76. The fourth-order valence-corrected chi connectivity index (χ4v) is 3.56. The molecule has 26 heavy (non-hydrogen) atoms. The van der Waals surface area contributed by atoms with E-state index in [4.69, 9.17) is 21.1 Å². The highest BCUT2D eigenvalue weighted by molar-refractivity contribution is 7.99. The van der Waals surface area contributed by atoms with Gasteiger partial charge in [-0.3, -0.25) is 4.79 Å². The van der Waals surface area contributed by atoms with Crippen LogP contribution in [0.1, 0.15) is 17.5 Å². The van der Waals surface area contributed by atoms with Gasteiger partial charge in [0.05, 0.1) is 24.0 Å². The molecular formula is C19H19ClFNO3S. The molecular weight excluding hydrogens is 377 g/mol. The molecule has 0 aliphatic carbocycles. The van der Waals surface area contributed by atoms with E-state index >= 15 is 0 Å². The Morgan fingerprint density at radius 1 is 1.15 bits per heavy atom. The quantitative estimate of drug-likeness (QED) is 0.796. The second-order valence-corrected chi connectivity index (χ2v) is 7.24. The van der Waals surface area contributed by atoms with Crippen molar-refractivity contribution in [2.45, 2.75) is 18.7 Å². The topological polar surface area (TPSA) is 47.6 Å². The van der Waals surface area contributed by atoms with Gasteiger partial charge in [0.2, 0.25) is 5.91 Å². The van der Waals surface area contributed by atoms with E-state index in [2.05, 4.69) is 5.32 Å². The number of nitrogens with one attached hydrogen (secondary N) is 1. The smallest absolute Gasteiger partial charge is 0.230 e. The highest BCUT2D eigenvalue weighted by Gasteiger charge is 2.15. The molecule has 0 saturated heterocycles. The van der Waals surface area contributed by atoms with E-state index in [-0.39, 0.29) is 11.7 Å². The Morgan fingerprint density at radius 2 is 1.92 bits per heavy atom. The van der Waals surface area contributed by atoms with Gasteiger partial charge in [0.15, 0.2) is 11.5 Å². The lowest BCUT2D eigenvalue weighted by molar-refractivity contribution is -0.118. The third kappa shape index (κ3) is 5.29. The van der Waals surface area contributed by atoms with Crippen LogP contribution in [0.2, 0.25) is 5.02 Å². The average molecular weight is 396 g/mol. The summed E-state index contributed by atoms with van der Waals surface area (Å²) in [7, 11) is 0. The van der Waals surface area contributed by atoms with Crippen LogP contribution in [0.4, 0.5) is 4.39 Å². The lowest BCUT2D eigenvalue weighted by atomic mass is 10.2. The van der Waals surface area contributed by atoms with Crippen LogP contribution < -0.4 is 14.8 Å². The molecule has 1 aliphatic rings. The number of amides is 1. The molecule has 0 atom stereocenters. The van der Waals surface area contributed by atoms with Crippen molar-refractivity contribution in [1.82, 2.24) is 5.32 Å². The number of rotatable bonds is 6. The summed E-state index contributed by atoms with van der Waals surface area (Å²) < 4.78 is 24.1. The molecule has 2 aromatic carbocycles. The number of carbonyl (C=O) groups excluding carboxylic acids is 1. The predicted molar refractivity (Wildman–Crippen MR) is 101 cm³/mol. The van der Waals surface area contributed by atoms with Gasteiger partial charge < -0.3 is 14.8 Å². The van der Waals surface area contributed by atoms with Crippen LogP contribution in [-0.2, 0) is 17.1 Å². The molecule has 7 heteroatoms. The van der Waals surface area contributed by atoms with E-state index in [1.54, 1.807) is 12.1 Å². The van der Waals surface area contributed by atoms with Gasteiger partial charge in [-0.2, -0.15) is 0 Å². The molecule has 1 aliphatic heterocycles. The molecule has 0 unspecified atom stereocenters. The number of halogens is 2. The molecule has 0 aromatic heterocycles. The SMILES string of the molecule is O=C(CSCc1cc(Cl)c2c(c1)OCCCO2)NCc1ccc(F)cc1. The number of hydrogen-bond donors (Lipinski definition) is 1. The summed E-state index contributed by atoms with van der Waals surface area (Å²) in [5, 5.41) is 3.35. The van der Waals surface area contributed by atoms with E-state index in [0.29, 0.717) is 47.8 Å². The third-order valence-corrected chi connectivity index (χ3v) is 5.05. The van der Waals surface area contributed by atoms with Crippen LogP contribution in [0.25, 0.3) is 0 Å². The number of fused-ring (bicyclic) bond motifs is 1. The number of benzene rings is 2. The lowest BCUT2D eigenvalue weighted by Crippen LogP contribution is -2.24. The number of hydrogen-bond acceptors (Lipinski definition) is 4. The molecule has 0 saturated carbocycles. The molecule has 0 spiro atoms. The molecule has 4 nitrogen and oxygen atoms in total. The van der Waals surface area contributed by atoms with E-state index in [1.165, 1.54) is 23.9 Å². The van der Waals surface area contributed by atoms with Crippen molar-refractivity contribution < 1.29 is 18.7 Å². The Bertz CT molecular complexity index is 770. The summed E-state index contributed by atoms with van der Waals surface area (Å²) in [6.07, 6.45) is 0.823. The Labute approximate surface area is 161 Å². The zero-order valence-corrected chi connectivity index (χ0v) is 15.7. The van der Waals surface area contributed by atoms with Crippen LogP contribution in [0, 0.1) is 5.82 Å². The number of ether oxygens (including phenoxy) is 2. The summed E-state index contributed by atoms with van der Waals surface area (Å²) in [5.74, 6) is 1.86. The van der Waals surface area contributed by atoms with Crippen LogP contribution >= 0.6 is 23.4 Å². The zero-order chi connectivity index (χ0) is 18.4. The van der Waals surface area contributed by atoms with Gasteiger partial charge in [-0.25, -0.2) is 4.39 Å². The van der Waals surface area contributed by atoms with Crippen LogP contribution in [0.5, 0.6) is 11.5 Å². The van der Waals surface area contributed by atoms with Crippen molar-refractivity contribution in [2.24, 2.45) is 0 Å². The van der Waals surface area contributed by atoms with Crippen molar-refractivity contribution >= 4 is 29.3 Å². The molecule has 2 aromatic rings. The average Bonchev–Trinajstić information content (AvgIpc) is 2.87. The van der Waals surface area contributed by atoms with Crippen LogP contribution in [-0.4, -0.2) is 24.9 Å². The zero-order valence-electron chi connectivity index (χ0n) is 14.1. The number of carbonyl (C=O) groups is 1. The minimum atomic E-state index is -0.288. The summed E-state index contributed by atoms with van der Waals surface area (Å²) in [5.41, 5.74) is 1.84. The van der Waals surface area contributed by atoms with Crippen LogP contribution in [0.15, 0.2) is 36.4 Å². The third-order valence-electron chi connectivity index (χ3n) is 3.77. The van der Waals surface area contributed by atoms with Crippen LogP contribution in [0.3, 0.4) is 0 Å². The Kier molecular flexibility index (Phi) is 6.63. The fourth-order valence-electron chi connectivity index (χ4n) is 2.48. The van der Waals surface area contributed by atoms with Gasteiger partial charge in [0, 0.05) is 18.7 Å². The molecule has 0 bridgehead atoms. The monoisotopic (exact) mass is 395 g/mol. The first-order valence-electron chi connectivity index (χ1n) is 8.29. The second-order valence-electron chi connectivity index (χ2n) is 5.85. The van der Waals surface area contributed by atoms with E-state index in [9.17, 15) is 9.18 Å². The van der Waals surface area contributed by atoms with Crippen molar-refractivity contribution in [3.63, 3.8) is 0 Å². The van der Waals surface area contributed by atoms with Gasteiger partial charge in [-0.05, 0) is 35.4 Å². The molecule has 1 heterocycles. The molecule has 0 fully saturated rings. The molecule has 1 N–H and O–H groups in total. The van der Waals surface area contributed by atoms with Gasteiger partial charge in [-0.1, -0.05) is 23.7 Å². The first-order valence-corrected chi connectivity index (χ1v) is 9.82. The largest absolute Gasteiger partial charge is 0.489 e. The molecule has 0 radical (unpaired) electrons. The second kappa shape index (κ2) is 9.14. The maximum atomic E-state index is 12.9. The van der Waals surface area contributed by atoms with E-state index < -0.39 is 0 Å². The maximum absolute atomic E-state index is 12.9. The van der Waals surface area contributed by atoms with Crippen molar-refractivity contribution in [3.05, 3.63) is 58.4 Å². The Morgan fingerprint density at radius 3 is 2.73 bits per heavy atom. The Balaban J connectivity index is 1.47. The fraction of sp³-hybridized carbons (Fsp3) is 0.316. The Hall–Kier alpha value is -1.92. The van der Waals surface area contributed by atoms with Crippen molar-refractivity contribution in [3.8, 4) is 11.5 Å². The van der Waals surface area contributed by atoms with Gasteiger partial charge in [0.1, 0.15) is 5.82 Å². The normalized spacial score (nSPS) is 13.2. The summed E-state index contributed by atoms with van der Waals surface area (Å²) in [6, 6.07) is 9.83. The first kappa shape index (κ1) is 18.9. The van der Waals surface area contributed by atoms with Crippen molar-refractivity contribution in [2.75, 3.05) is 19.0 Å². The summed E-state index contributed by atoms with van der Waals surface area (Å²) in [6.45, 7) is 1.58. The standard InChI is InChI=1S/C19H19ClFNO3S/c20-16-8-14(9-17-19(16)25-7-1-6-24-17)11-26-12-18(23)22-10-13-2-4-15(21)5-3-13/h2-5,8-9H,1,6-7,10-12H2,(H,22,23). The molecule has 138 valence electrons. The van der Waals surface area contributed by atoms with E-state index in [0.717, 1.165) is 17.5 Å². The van der Waals surface area contributed by atoms with Gasteiger partial charge >= 0.3 is 0 Å². The number of thioether (sulfide) groups is 1. The van der Waals surface area contributed by atoms with E-state index in [1.807, 2.05) is 12.1 Å². The minimum Gasteiger partial charge on any atom is -0.489 e. The first-order chi connectivity index (χ1) is 12.6. The van der Waals surface area contributed by atoms with Crippen molar-refractivity contribution in [1.29, 1.82) is 0 Å². The molecule has 1 amide bonds. The van der Waals surface area contributed by atoms with Gasteiger partial charge in [-0.15, -0.1) is 11.8 Å². The predicted octanol–water partition coefficient (Wildman–Crippen LogP) is 4.19. The maximum Gasteiger partial charge on any atom is 0.230 e.